The summed E-state index contributed by atoms with van der Waals surface area (Å²) in [6.07, 6.45) is 0.363. The largest absolute Gasteiger partial charge is 0.387 e. The molecule has 0 aliphatic rings. The summed E-state index contributed by atoms with van der Waals surface area (Å²) in [5.74, 6) is 0.629. The van der Waals surface area contributed by atoms with Gasteiger partial charge in [0, 0.05) is 17.5 Å². The number of rotatable bonds is 8. The molecular weight excluding hydrogens is 406 g/mol. The minimum Gasteiger partial charge on any atom is -0.387 e. The zero-order chi connectivity index (χ0) is 21.8. The summed E-state index contributed by atoms with van der Waals surface area (Å²) in [5, 5.41) is 13.3. The van der Waals surface area contributed by atoms with Crippen LogP contribution in [0.4, 0.5) is 0 Å². The number of aromatic amines is 1. The molecule has 2 heterocycles. The summed E-state index contributed by atoms with van der Waals surface area (Å²) in [6, 6.07) is 17.7. The van der Waals surface area contributed by atoms with E-state index in [1.54, 1.807) is 0 Å². The highest BCUT2D eigenvalue weighted by molar-refractivity contribution is 7.17. The van der Waals surface area contributed by atoms with Crippen LogP contribution in [0.15, 0.2) is 64.8 Å². The van der Waals surface area contributed by atoms with Crippen molar-refractivity contribution in [3.8, 4) is 11.1 Å². The molecule has 0 fully saturated rings. The lowest BCUT2D eigenvalue weighted by Gasteiger charge is -2.24. The summed E-state index contributed by atoms with van der Waals surface area (Å²) in [7, 11) is 0. The van der Waals surface area contributed by atoms with Gasteiger partial charge in [-0.15, -0.1) is 11.3 Å². The van der Waals surface area contributed by atoms with Crippen LogP contribution >= 0.6 is 11.3 Å². The van der Waals surface area contributed by atoms with Crippen LogP contribution in [-0.2, 0) is 6.54 Å². The molecule has 0 saturated heterocycles. The summed E-state index contributed by atoms with van der Waals surface area (Å²) < 4.78 is 0. The highest BCUT2D eigenvalue weighted by Gasteiger charge is 2.17. The van der Waals surface area contributed by atoms with Gasteiger partial charge in [-0.05, 0) is 36.6 Å². The Morgan fingerprint density at radius 3 is 2.58 bits per heavy atom. The van der Waals surface area contributed by atoms with Crippen molar-refractivity contribution in [2.45, 2.75) is 32.9 Å². The van der Waals surface area contributed by atoms with E-state index in [1.165, 1.54) is 11.3 Å². The number of nitrogens with zero attached hydrogens (tertiary/aromatic N) is 2. The predicted octanol–water partition coefficient (Wildman–Crippen LogP) is 4.91. The third-order valence-electron chi connectivity index (χ3n) is 5.46. The van der Waals surface area contributed by atoms with E-state index in [4.69, 9.17) is 4.98 Å². The Morgan fingerprint density at radius 1 is 1.10 bits per heavy atom. The first-order chi connectivity index (χ1) is 15.1. The fourth-order valence-corrected chi connectivity index (χ4v) is 4.89. The molecule has 4 aromatic rings. The van der Waals surface area contributed by atoms with Crippen LogP contribution in [0.5, 0.6) is 0 Å². The fraction of sp³-hybridized carbons (Fsp3) is 0.280. The Balaban J connectivity index is 1.60. The van der Waals surface area contributed by atoms with Gasteiger partial charge in [0.05, 0.1) is 18.0 Å². The first-order valence-corrected chi connectivity index (χ1v) is 11.5. The third-order valence-corrected chi connectivity index (χ3v) is 6.33. The highest BCUT2D eigenvalue weighted by Crippen LogP contribution is 2.32. The molecule has 1 atom stereocenters. The number of aromatic nitrogens is 2. The van der Waals surface area contributed by atoms with Gasteiger partial charge in [0.1, 0.15) is 10.7 Å². The highest BCUT2D eigenvalue weighted by atomic mass is 32.1. The minimum atomic E-state index is -0.586. The monoisotopic (exact) mass is 433 g/mol. The zero-order valence-corrected chi connectivity index (χ0v) is 18.7. The number of H-pyrrole nitrogens is 1. The second-order valence-corrected chi connectivity index (χ2v) is 8.68. The Bertz CT molecular complexity index is 1220. The molecule has 0 aliphatic carbocycles. The van der Waals surface area contributed by atoms with Gasteiger partial charge in [0.15, 0.2) is 0 Å². The van der Waals surface area contributed by atoms with Crippen LogP contribution in [0.2, 0.25) is 0 Å². The van der Waals surface area contributed by atoms with Crippen LogP contribution in [-0.4, -0.2) is 33.1 Å². The SMILES string of the molecule is CCCN(Cc1nc2scc(-c3ccccc3C)c2c(=O)[nH]1)CC(O)c1ccccc1. The molecule has 6 heteroatoms. The average molecular weight is 434 g/mol. The zero-order valence-electron chi connectivity index (χ0n) is 17.8. The van der Waals surface area contributed by atoms with E-state index in [9.17, 15) is 9.90 Å². The van der Waals surface area contributed by atoms with Crippen LogP contribution in [0.3, 0.4) is 0 Å². The molecular formula is C25H27N3O2S. The van der Waals surface area contributed by atoms with Crippen molar-refractivity contribution in [1.82, 2.24) is 14.9 Å². The van der Waals surface area contributed by atoms with Gasteiger partial charge in [-0.1, -0.05) is 61.5 Å². The van der Waals surface area contributed by atoms with Gasteiger partial charge in [-0.3, -0.25) is 9.69 Å². The average Bonchev–Trinajstić information content (AvgIpc) is 3.19. The van der Waals surface area contributed by atoms with Gasteiger partial charge in [-0.2, -0.15) is 0 Å². The summed E-state index contributed by atoms with van der Waals surface area (Å²) in [4.78, 5) is 23.6. The van der Waals surface area contributed by atoms with E-state index >= 15 is 0 Å². The molecule has 31 heavy (non-hydrogen) atoms. The summed E-state index contributed by atoms with van der Waals surface area (Å²) in [6.45, 7) is 5.94. The molecule has 2 aromatic carbocycles. The van der Waals surface area contributed by atoms with E-state index in [-0.39, 0.29) is 5.56 Å². The van der Waals surface area contributed by atoms with Crippen LogP contribution in [0.1, 0.15) is 36.4 Å². The lowest BCUT2D eigenvalue weighted by Crippen LogP contribution is -2.30. The Kier molecular flexibility index (Phi) is 6.61. The number of benzene rings is 2. The molecule has 2 N–H and O–H groups in total. The topological polar surface area (TPSA) is 69.2 Å². The van der Waals surface area contributed by atoms with Crippen molar-refractivity contribution < 1.29 is 5.11 Å². The maximum Gasteiger partial charge on any atom is 0.260 e. The Hall–Kier alpha value is -2.80. The van der Waals surface area contributed by atoms with Crippen molar-refractivity contribution >= 4 is 21.6 Å². The molecule has 0 bridgehead atoms. The first-order valence-electron chi connectivity index (χ1n) is 10.6. The molecule has 160 valence electrons. The van der Waals surface area contributed by atoms with E-state index in [1.807, 2.05) is 53.9 Å². The number of nitrogens with one attached hydrogen (secondary N) is 1. The van der Waals surface area contributed by atoms with Crippen molar-refractivity contribution in [3.63, 3.8) is 0 Å². The Labute approximate surface area is 186 Å². The summed E-state index contributed by atoms with van der Waals surface area (Å²) in [5.41, 5.74) is 3.91. The predicted molar refractivity (Wildman–Crippen MR) is 127 cm³/mol. The van der Waals surface area contributed by atoms with E-state index in [0.29, 0.717) is 24.3 Å². The normalized spacial score (nSPS) is 12.5. The van der Waals surface area contributed by atoms with Gasteiger partial charge >= 0.3 is 0 Å². The van der Waals surface area contributed by atoms with Gasteiger partial charge in [0.2, 0.25) is 0 Å². The number of fused-ring (bicyclic) bond motifs is 1. The third kappa shape index (κ3) is 4.77. The molecule has 5 nitrogen and oxygen atoms in total. The van der Waals surface area contributed by atoms with Crippen LogP contribution < -0.4 is 5.56 Å². The van der Waals surface area contributed by atoms with Crippen LogP contribution in [0, 0.1) is 6.92 Å². The second-order valence-electron chi connectivity index (χ2n) is 7.82. The fourth-order valence-electron chi connectivity index (χ4n) is 3.93. The quantitative estimate of drug-likeness (QED) is 0.414. The van der Waals surface area contributed by atoms with E-state index in [2.05, 4.69) is 29.8 Å². The number of aliphatic hydroxyl groups excluding tert-OH is 1. The van der Waals surface area contributed by atoms with Crippen molar-refractivity contribution in [1.29, 1.82) is 0 Å². The van der Waals surface area contributed by atoms with Crippen LogP contribution in [0.25, 0.3) is 21.3 Å². The maximum absolute atomic E-state index is 13.0. The number of hydrogen-bond acceptors (Lipinski definition) is 5. The molecule has 0 radical (unpaired) electrons. The molecule has 0 aliphatic heterocycles. The van der Waals surface area contributed by atoms with Crippen molar-refractivity contribution in [3.05, 3.63) is 87.3 Å². The standard InChI is InChI=1S/C25H27N3O2S/c1-3-13-28(14-21(29)18-10-5-4-6-11-18)15-22-26-24(30)23-20(16-31-25(23)27-22)19-12-8-7-9-17(19)2/h4-12,16,21,29H,3,13-15H2,1-2H3,(H,26,27,30). The Morgan fingerprint density at radius 2 is 1.84 bits per heavy atom. The van der Waals surface area contributed by atoms with E-state index < -0.39 is 6.10 Å². The lowest BCUT2D eigenvalue weighted by molar-refractivity contribution is 0.107. The molecule has 0 saturated carbocycles. The van der Waals surface area contributed by atoms with E-state index in [0.717, 1.165) is 40.0 Å². The van der Waals surface area contributed by atoms with Gasteiger partial charge in [0.25, 0.3) is 5.56 Å². The van der Waals surface area contributed by atoms with Gasteiger partial charge in [-0.25, -0.2) is 4.98 Å². The second kappa shape index (κ2) is 9.56. The number of aliphatic hydroxyl groups is 1. The van der Waals surface area contributed by atoms with Gasteiger partial charge < -0.3 is 10.1 Å². The molecule has 2 aromatic heterocycles. The molecule has 0 spiro atoms. The first kappa shape index (κ1) is 21.4. The molecule has 1 unspecified atom stereocenters. The molecule has 0 amide bonds. The van der Waals surface area contributed by atoms with Crippen molar-refractivity contribution in [2.75, 3.05) is 13.1 Å². The van der Waals surface area contributed by atoms with Crippen molar-refractivity contribution in [2.24, 2.45) is 0 Å². The minimum absolute atomic E-state index is 0.112. The number of hydrogen-bond donors (Lipinski definition) is 2. The number of aryl methyl sites for hydroxylation is 1. The number of thiophene rings is 1. The lowest BCUT2D eigenvalue weighted by atomic mass is 10.0. The molecule has 4 rings (SSSR count). The smallest absolute Gasteiger partial charge is 0.260 e. The maximum atomic E-state index is 13.0. The summed E-state index contributed by atoms with van der Waals surface area (Å²) >= 11 is 1.50.